The van der Waals surface area contributed by atoms with Gasteiger partial charge in [-0.15, -0.1) is 0 Å². The third-order valence-electron chi connectivity index (χ3n) is 3.66. The number of H-pyrrole nitrogens is 1. The van der Waals surface area contributed by atoms with Gasteiger partial charge in [0.05, 0.1) is 18.3 Å². The summed E-state index contributed by atoms with van der Waals surface area (Å²) >= 11 is 0. The lowest BCUT2D eigenvalue weighted by molar-refractivity contribution is 0.412. The van der Waals surface area contributed by atoms with Crippen LogP contribution >= 0.6 is 0 Å². The molecule has 1 N–H and O–H groups in total. The van der Waals surface area contributed by atoms with Crippen LogP contribution in [0.5, 0.6) is 5.75 Å². The Bertz CT molecular complexity index is 890. The smallest absolute Gasteiger partial charge is 0.191 e. The lowest BCUT2D eigenvalue weighted by Gasteiger charge is -2.10. The first-order chi connectivity index (χ1) is 10.0. The van der Waals surface area contributed by atoms with Crippen molar-refractivity contribution in [1.29, 1.82) is 0 Å². The molecule has 0 fully saturated rings. The molecule has 1 aromatic carbocycles. The van der Waals surface area contributed by atoms with Crippen LogP contribution in [-0.2, 0) is 0 Å². The number of fused-ring (bicyclic) bond motifs is 1. The summed E-state index contributed by atoms with van der Waals surface area (Å²) in [6.07, 6.45) is 0. The maximum absolute atomic E-state index is 12.3. The molecule has 0 saturated carbocycles. The van der Waals surface area contributed by atoms with E-state index in [0.717, 1.165) is 28.2 Å². The first-order valence-corrected chi connectivity index (χ1v) is 6.75. The third kappa shape index (κ3) is 2.11. The molecule has 0 saturated heterocycles. The Hall–Kier alpha value is -2.56. The van der Waals surface area contributed by atoms with Gasteiger partial charge in [-0.05, 0) is 39.0 Å². The summed E-state index contributed by atoms with van der Waals surface area (Å²) in [6, 6.07) is 7.15. The Balaban J connectivity index is 2.34. The summed E-state index contributed by atoms with van der Waals surface area (Å²) in [7, 11) is 1.62. The van der Waals surface area contributed by atoms with Gasteiger partial charge in [0.1, 0.15) is 11.6 Å². The Labute approximate surface area is 122 Å². The minimum absolute atomic E-state index is 0.0305. The first kappa shape index (κ1) is 13.4. The van der Waals surface area contributed by atoms with Crippen LogP contribution in [0.3, 0.4) is 0 Å². The molecule has 0 aliphatic carbocycles. The van der Waals surface area contributed by atoms with E-state index in [1.807, 2.05) is 32.9 Å². The summed E-state index contributed by atoms with van der Waals surface area (Å²) in [4.78, 5) is 15.6. The molecule has 5 nitrogen and oxygen atoms in total. The van der Waals surface area contributed by atoms with Crippen LogP contribution in [-0.4, -0.2) is 21.9 Å². The van der Waals surface area contributed by atoms with E-state index in [4.69, 9.17) is 4.74 Å². The molecule has 21 heavy (non-hydrogen) atoms. The summed E-state index contributed by atoms with van der Waals surface area (Å²) in [5.41, 5.74) is 3.55. The summed E-state index contributed by atoms with van der Waals surface area (Å²) in [5, 5.41) is 5.07. The fourth-order valence-corrected chi connectivity index (χ4v) is 2.63. The molecule has 108 valence electrons. The van der Waals surface area contributed by atoms with E-state index in [2.05, 4.69) is 10.1 Å². The van der Waals surface area contributed by atoms with Crippen molar-refractivity contribution in [2.75, 3.05) is 7.11 Å². The molecular weight excluding hydrogens is 266 g/mol. The first-order valence-electron chi connectivity index (χ1n) is 6.75. The van der Waals surface area contributed by atoms with E-state index in [-0.39, 0.29) is 5.43 Å². The zero-order valence-electron chi connectivity index (χ0n) is 12.5. The second-order valence-corrected chi connectivity index (χ2v) is 5.17. The predicted molar refractivity (Wildman–Crippen MR) is 82.5 cm³/mol. The number of benzene rings is 1. The summed E-state index contributed by atoms with van der Waals surface area (Å²) in [6.45, 7) is 5.82. The van der Waals surface area contributed by atoms with Gasteiger partial charge in [0, 0.05) is 22.7 Å². The van der Waals surface area contributed by atoms with E-state index in [9.17, 15) is 4.79 Å². The Morgan fingerprint density at radius 2 is 1.95 bits per heavy atom. The number of nitrogens with one attached hydrogen (secondary N) is 1. The van der Waals surface area contributed by atoms with E-state index in [1.165, 1.54) is 0 Å². The molecule has 2 aromatic heterocycles. The molecule has 0 spiro atoms. The van der Waals surface area contributed by atoms with Crippen molar-refractivity contribution in [3.05, 3.63) is 51.4 Å². The number of hydrogen-bond donors (Lipinski definition) is 1. The number of ether oxygens (including phenoxy) is 1. The average molecular weight is 283 g/mol. The van der Waals surface area contributed by atoms with Crippen molar-refractivity contribution >= 4 is 10.9 Å². The molecule has 3 aromatic rings. The standard InChI is InChI=1S/C16H17N3O2/c1-9-7-10(2)19(18-9)15-8-13(20)12-5-6-14(21-4)11(3)16(12)17-15/h5-8H,1-4H3,(H,17,20). The van der Waals surface area contributed by atoms with Crippen molar-refractivity contribution in [2.24, 2.45) is 0 Å². The molecule has 0 atom stereocenters. The highest BCUT2D eigenvalue weighted by Gasteiger charge is 2.11. The number of pyridine rings is 1. The monoisotopic (exact) mass is 283 g/mol. The topological polar surface area (TPSA) is 59.9 Å². The zero-order chi connectivity index (χ0) is 15.1. The molecule has 0 aliphatic heterocycles. The van der Waals surface area contributed by atoms with E-state index in [0.29, 0.717) is 11.2 Å². The second-order valence-electron chi connectivity index (χ2n) is 5.17. The van der Waals surface area contributed by atoms with Crippen LogP contribution in [0.15, 0.2) is 29.1 Å². The fraction of sp³-hybridized carbons (Fsp3) is 0.250. The van der Waals surface area contributed by atoms with Gasteiger partial charge in [-0.25, -0.2) is 4.68 Å². The summed E-state index contributed by atoms with van der Waals surface area (Å²) in [5.74, 6) is 1.41. The molecular formula is C16H17N3O2. The molecule has 0 unspecified atom stereocenters. The highest BCUT2D eigenvalue weighted by atomic mass is 16.5. The minimum atomic E-state index is -0.0305. The molecule has 0 radical (unpaired) electrons. The SMILES string of the molecule is COc1ccc2c(=O)cc(-n3nc(C)cc3C)[nH]c2c1C. The number of aryl methyl sites for hydroxylation is 3. The van der Waals surface area contributed by atoms with E-state index in [1.54, 1.807) is 23.9 Å². The maximum Gasteiger partial charge on any atom is 0.191 e. The number of methoxy groups -OCH3 is 1. The van der Waals surface area contributed by atoms with Gasteiger partial charge in [0.15, 0.2) is 5.43 Å². The zero-order valence-corrected chi connectivity index (χ0v) is 12.5. The number of nitrogens with zero attached hydrogens (tertiary/aromatic N) is 2. The summed E-state index contributed by atoms with van der Waals surface area (Å²) < 4.78 is 7.07. The van der Waals surface area contributed by atoms with Crippen molar-refractivity contribution < 1.29 is 4.74 Å². The number of aromatic nitrogens is 3. The molecule has 2 heterocycles. The van der Waals surface area contributed by atoms with E-state index < -0.39 is 0 Å². The molecule has 5 heteroatoms. The van der Waals surface area contributed by atoms with Gasteiger partial charge in [0.25, 0.3) is 0 Å². The fourth-order valence-electron chi connectivity index (χ4n) is 2.63. The van der Waals surface area contributed by atoms with Gasteiger partial charge >= 0.3 is 0 Å². The van der Waals surface area contributed by atoms with Crippen LogP contribution < -0.4 is 10.2 Å². The molecule has 0 bridgehead atoms. The largest absolute Gasteiger partial charge is 0.496 e. The van der Waals surface area contributed by atoms with Crippen molar-refractivity contribution in [3.8, 4) is 11.6 Å². The van der Waals surface area contributed by atoms with Gasteiger partial charge in [-0.1, -0.05) is 0 Å². The predicted octanol–water partition coefficient (Wildman–Crippen LogP) is 2.65. The van der Waals surface area contributed by atoms with Crippen LogP contribution in [0.1, 0.15) is 17.0 Å². The third-order valence-corrected chi connectivity index (χ3v) is 3.66. The average Bonchev–Trinajstić information content (AvgIpc) is 2.78. The quantitative estimate of drug-likeness (QED) is 0.786. The molecule has 0 amide bonds. The molecule has 0 aliphatic rings. The van der Waals surface area contributed by atoms with Gasteiger partial charge in [0.2, 0.25) is 0 Å². The number of aromatic amines is 1. The lowest BCUT2D eigenvalue weighted by Crippen LogP contribution is -2.10. The Morgan fingerprint density at radius 1 is 1.19 bits per heavy atom. The highest BCUT2D eigenvalue weighted by Crippen LogP contribution is 2.24. The van der Waals surface area contributed by atoms with Gasteiger partial charge in [-0.3, -0.25) is 4.79 Å². The minimum Gasteiger partial charge on any atom is -0.496 e. The van der Waals surface area contributed by atoms with Crippen LogP contribution in [0, 0.1) is 20.8 Å². The van der Waals surface area contributed by atoms with Crippen molar-refractivity contribution in [1.82, 2.24) is 14.8 Å². The molecule has 3 rings (SSSR count). The van der Waals surface area contributed by atoms with Gasteiger partial charge < -0.3 is 9.72 Å². The van der Waals surface area contributed by atoms with Crippen molar-refractivity contribution in [3.63, 3.8) is 0 Å². The maximum atomic E-state index is 12.3. The Morgan fingerprint density at radius 3 is 2.57 bits per heavy atom. The van der Waals surface area contributed by atoms with Gasteiger partial charge in [-0.2, -0.15) is 5.10 Å². The van der Waals surface area contributed by atoms with Crippen LogP contribution in [0.2, 0.25) is 0 Å². The number of rotatable bonds is 2. The van der Waals surface area contributed by atoms with Crippen molar-refractivity contribution in [2.45, 2.75) is 20.8 Å². The van der Waals surface area contributed by atoms with E-state index >= 15 is 0 Å². The van der Waals surface area contributed by atoms with Crippen LogP contribution in [0.25, 0.3) is 16.7 Å². The Kier molecular flexibility index (Phi) is 3.05. The lowest BCUT2D eigenvalue weighted by atomic mass is 10.1. The number of hydrogen-bond acceptors (Lipinski definition) is 3. The van der Waals surface area contributed by atoms with Crippen LogP contribution in [0.4, 0.5) is 0 Å². The second kappa shape index (κ2) is 4.77. The normalized spacial score (nSPS) is 11.0. The highest BCUT2D eigenvalue weighted by molar-refractivity contribution is 5.84.